The molecule has 0 bridgehead atoms. The maximum absolute atomic E-state index is 13.3. The van der Waals surface area contributed by atoms with Gasteiger partial charge >= 0.3 is 5.97 Å². The van der Waals surface area contributed by atoms with Gasteiger partial charge in [-0.2, -0.15) is 0 Å². The number of carbonyl (C=O) groups excluding carboxylic acids is 2. The summed E-state index contributed by atoms with van der Waals surface area (Å²) in [5.41, 5.74) is 4.11. The molecule has 0 spiro atoms. The molecule has 3 aromatic rings. The van der Waals surface area contributed by atoms with Gasteiger partial charge in [0.05, 0.1) is 18.8 Å². The summed E-state index contributed by atoms with van der Waals surface area (Å²) in [6.45, 7) is 1.84. The number of aliphatic hydroxyl groups excluding tert-OH is 1. The Balaban J connectivity index is 1.36. The number of hydrazine groups is 1. The van der Waals surface area contributed by atoms with Crippen molar-refractivity contribution in [1.29, 1.82) is 0 Å². The van der Waals surface area contributed by atoms with Crippen LogP contribution in [0.3, 0.4) is 0 Å². The Hall–Kier alpha value is -3.55. The molecule has 36 heavy (non-hydrogen) atoms. The van der Waals surface area contributed by atoms with Crippen LogP contribution in [0.2, 0.25) is 0 Å². The normalized spacial score (nSPS) is 15.1. The Morgan fingerprint density at radius 2 is 1.78 bits per heavy atom. The van der Waals surface area contributed by atoms with Gasteiger partial charge < -0.3 is 9.84 Å². The van der Waals surface area contributed by atoms with Gasteiger partial charge in [-0.3, -0.25) is 9.80 Å². The van der Waals surface area contributed by atoms with Gasteiger partial charge in [0.25, 0.3) is 0 Å². The molecule has 4 rings (SSSR count). The van der Waals surface area contributed by atoms with Gasteiger partial charge in [0.15, 0.2) is 0 Å². The molecule has 1 heterocycles. The Kier molecular flexibility index (Phi) is 8.46. The van der Waals surface area contributed by atoms with Crippen molar-refractivity contribution in [2.45, 2.75) is 31.8 Å². The highest BCUT2D eigenvalue weighted by Gasteiger charge is 2.26. The van der Waals surface area contributed by atoms with Crippen molar-refractivity contribution in [3.05, 3.63) is 95.3 Å². The van der Waals surface area contributed by atoms with Crippen LogP contribution in [0, 0.1) is 5.82 Å². The van der Waals surface area contributed by atoms with Crippen molar-refractivity contribution in [3.63, 3.8) is 0 Å². The van der Waals surface area contributed by atoms with Crippen molar-refractivity contribution < 1.29 is 23.8 Å². The van der Waals surface area contributed by atoms with Crippen molar-refractivity contribution in [2.75, 3.05) is 26.7 Å². The molecule has 7 heteroatoms. The largest absolute Gasteiger partial charge is 0.465 e. The lowest BCUT2D eigenvalue weighted by Crippen LogP contribution is -2.51. The van der Waals surface area contributed by atoms with Gasteiger partial charge in [0.1, 0.15) is 5.82 Å². The average molecular weight is 491 g/mol. The number of aliphatic hydroxyl groups is 1. The zero-order chi connectivity index (χ0) is 25.5. The minimum atomic E-state index is -0.685. The summed E-state index contributed by atoms with van der Waals surface area (Å²) in [5, 5.41) is 14.7. The van der Waals surface area contributed by atoms with Crippen LogP contribution >= 0.6 is 0 Å². The van der Waals surface area contributed by atoms with E-state index >= 15 is 0 Å². The van der Waals surface area contributed by atoms with Crippen molar-refractivity contribution in [1.82, 2.24) is 10.0 Å². The molecule has 1 aliphatic heterocycles. The molecular formula is C29H31FN2O4. The monoisotopic (exact) mass is 490 g/mol. The zero-order valence-electron chi connectivity index (χ0n) is 20.4. The van der Waals surface area contributed by atoms with Crippen molar-refractivity contribution in [3.8, 4) is 11.1 Å². The van der Waals surface area contributed by atoms with Crippen LogP contribution in [-0.2, 0) is 16.0 Å². The number of hydrogen-bond donors (Lipinski definition) is 1. The quantitative estimate of drug-likeness (QED) is 0.437. The number of nitrogens with zero attached hydrogens (tertiary/aromatic N) is 2. The van der Waals surface area contributed by atoms with Crippen LogP contribution in [-0.4, -0.2) is 53.7 Å². The van der Waals surface area contributed by atoms with E-state index in [2.05, 4.69) is 0 Å². The van der Waals surface area contributed by atoms with E-state index in [1.165, 1.54) is 19.2 Å². The molecule has 3 aromatic carbocycles. The minimum Gasteiger partial charge on any atom is -0.465 e. The fourth-order valence-corrected chi connectivity index (χ4v) is 4.49. The molecule has 0 aliphatic carbocycles. The summed E-state index contributed by atoms with van der Waals surface area (Å²) in [4.78, 5) is 24.3. The molecule has 1 saturated heterocycles. The summed E-state index contributed by atoms with van der Waals surface area (Å²) in [7, 11) is 1.35. The fourth-order valence-electron chi connectivity index (χ4n) is 4.49. The number of rotatable bonds is 9. The lowest BCUT2D eigenvalue weighted by molar-refractivity contribution is -0.156. The lowest BCUT2D eigenvalue weighted by Gasteiger charge is -2.39. The molecule has 188 valence electrons. The Morgan fingerprint density at radius 3 is 2.50 bits per heavy atom. The van der Waals surface area contributed by atoms with E-state index in [0.29, 0.717) is 37.9 Å². The van der Waals surface area contributed by atoms with Crippen LogP contribution < -0.4 is 0 Å². The first-order valence-electron chi connectivity index (χ1n) is 12.2. The van der Waals surface area contributed by atoms with Gasteiger partial charge in [0.2, 0.25) is 5.91 Å². The highest BCUT2D eigenvalue weighted by molar-refractivity contribution is 5.89. The predicted octanol–water partition coefficient (Wildman–Crippen LogP) is 4.78. The smallest absolute Gasteiger partial charge is 0.337 e. The Labute approximate surface area is 210 Å². The maximum atomic E-state index is 13.3. The minimum absolute atomic E-state index is 0.0835. The third-order valence-corrected chi connectivity index (χ3v) is 6.53. The first-order chi connectivity index (χ1) is 17.4. The second kappa shape index (κ2) is 11.9. The molecule has 1 amide bonds. The Morgan fingerprint density at radius 1 is 1.03 bits per heavy atom. The number of methoxy groups -OCH3 is 1. The molecule has 1 unspecified atom stereocenters. The summed E-state index contributed by atoms with van der Waals surface area (Å²) >= 11 is 0. The van der Waals surface area contributed by atoms with Crippen LogP contribution in [0.4, 0.5) is 4.39 Å². The number of esters is 1. The van der Waals surface area contributed by atoms with Gasteiger partial charge in [-0.05, 0) is 71.8 Å². The first kappa shape index (κ1) is 25.5. The van der Waals surface area contributed by atoms with Crippen molar-refractivity contribution >= 4 is 11.9 Å². The molecular weight excluding hydrogens is 459 g/mol. The van der Waals surface area contributed by atoms with E-state index in [-0.39, 0.29) is 17.7 Å². The lowest BCUT2D eigenvalue weighted by atomic mass is 9.99. The van der Waals surface area contributed by atoms with Crippen LogP contribution in [0.1, 0.15) is 46.9 Å². The molecule has 0 radical (unpaired) electrons. The van der Waals surface area contributed by atoms with E-state index in [9.17, 15) is 19.1 Å². The highest BCUT2D eigenvalue weighted by atomic mass is 19.1. The second-order valence-electron chi connectivity index (χ2n) is 8.95. The van der Waals surface area contributed by atoms with Gasteiger partial charge in [-0.1, -0.05) is 42.5 Å². The van der Waals surface area contributed by atoms with E-state index < -0.39 is 6.10 Å². The number of amides is 1. The highest BCUT2D eigenvalue weighted by Crippen LogP contribution is 2.26. The summed E-state index contributed by atoms with van der Waals surface area (Å²) in [6.07, 6.45) is 1.76. The first-order valence-corrected chi connectivity index (χ1v) is 12.2. The predicted molar refractivity (Wildman–Crippen MR) is 135 cm³/mol. The van der Waals surface area contributed by atoms with E-state index in [0.717, 1.165) is 35.2 Å². The third kappa shape index (κ3) is 6.36. The average Bonchev–Trinajstić information content (AvgIpc) is 2.91. The van der Waals surface area contributed by atoms with Gasteiger partial charge in [0, 0.05) is 26.1 Å². The summed E-state index contributed by atoms with van der Waals surface area (Å²) < 4.78 is 18.0. The summed E-state index contributed by atoms with van der Waals surface area (Å²) in [6, 6.07) is 21.1. The third-order valence-electron chi connectivity index (χ3n) is 6.53. The standard InChI is InChI=1S/C29H31FN2O4/c1-36-29(35)23-9-7-21(8-10-23)15-19-32-28(34)6-3-17-31(32)18-16-27(33)25-5-2-4-24(20-25)22-11-13-26(30)14-12-22/h2,4-5,7-14,20,27,33H,3,6,15-19H2,1H3. The molecule has 1 aliphatic rings. The van der Waals surface area contributed by atoms with Crippen molar-refractivity contribution in [2.24, 2.45) is 0 Å². The van der Waals surface area contributed by atoms with Crippen LogP contribution in [0.5, 0.6) is 0 Å². The molecule has 6 nitrogen and oxygen atoms in total. The number of hydrogen-bond acceptors (Lipinski definition) is 5. The van der Waals surface area contributed by atoms with E-state index in [1.807, 2.05) is 41.4 Å². The number of ether oxygens (including phenoxy) is 1. The molecule has 1 atom stereocenters. The van der Waals surface area contributed by atoms with Crippen LogP contribution in [0.25, 0.3) is 11.1 Å². The molecule has 1 fully saturated rings. The second-order valence-corrected chi connectivity index (χ2v) is 8.95. The zero-order valence-corrected chi connectivity index (χ0v) is 20.4. The maximum Gasteiger partial charge on any atom is 0.337 e. The molecule has 0 saturated carbocycles. The number of carbonyl (C=O) groups is 2. The fraction of sp³-hybridized carbons (Fsp3) is 0.310. The van der Waals surface area contributed by atoms with Crippen LogP contribution in [0.15, 0.2) is 72.8 Å². The molecule has 1 N–H and O–H groups in total. The number of halogens is 1. The molecule has 0 aromatic heterocycles. The summed E-state index contributed by atoms with van der Waals surface area (Å²) in [5.74, 6) is -0.574. The number of benzene rings is 3. The van der Waals surface area contributed by atoms with Gasteiger partial charge in [-0.15, -0.1) is 0 Å². The Bertz CT molecular complexity index is 1180. The van der Waals surface area contributed by atoms with E-state index in [1.54, 1.807) is 29.3 Å². The van der Waals surface area contributed by atoms with E-state index in [4.69, 9.17) is 4.74 Å². The topological polar surface area (TPSA) is 70.1 Å². The SMILES string of the molecule is COC(=O)c1ccc(CCN2C(=O)CCCN2CCC(O)c2cccc(-c3ccc(F)cc3)c2)cc1. The van der Waals surface area contributed by atoms with Gasteiger partial charge in [-0.25, -0.2) is 14.2 Å².